The molecule has 0 amide bonds. The van der Waals surface area contributed by atoms with Gasteiger partial charge < -0.3 is 8.98 Å². The molecule has 54 heavy (non-hydrogen) atoms. The highest BCUT2D eigenvalue weighted by Crippen LogP contribution is 2.43. The molecule has 0 atom stereocenters. The summed E-state index contributed by atoms with van der Waals surface area (Å²) in [6.07, 6.45) is -4.48. The molecule has 0 bridgehead atoms. The minimum Gasteiger partial charge on any atom is -0.456 e. The van der Waals surface area contributed by atoms with Gasteiger partial charge in [0.2, 0.25) is 0 Å². The van der Waals surface area contributed by atoms with Gasteiger partial charge in [0.1, 0.15) is 11.2 Å². The first-order valence-corrected chi connectivity index (χ1v) is 17.4. The summed E-state index contributed by atoms with van der Waals surface area (Å²) in [7, 11) is 0. The number of benzene rings is 7. The summed E-state index contributed by atoms with van der Waals surface area (Å²) in [5.41, 5.74) is 7.13. The summed E-state index contributed by atoms with van der Waals surface area (Å²) in [6.45, 7) is 0. The maximum absolute atomic E-state index is 13.8. The van der Waals surface area contributed by atoms with E-state index in [1.165, 1.54) is 12.1 Å². The number of rotatable bonds is 5. The molecule has 5 nitrogen and oxygen atoms in total. The zero-order valence-electron chi connectivity index (χ0n) is 28.4. The molecular formula is C46H27F3N4O. The monoisotopic (exact) mass is 708 g/mol. The maximum Gasteiger partial charge on any atom is 0.416 e. The Morgan fingerprint density at radius 1 is 0.463 bits per heavy atom. The van der Waals surface area contributed by atoms with Gasteiger partial charge in [-0.15, -0.1) is 0 Å². The molecular weight excluding hydrogens is 682 g/mol. The molecule has 258 valence electrons. The van der Waals surface area contributed by atoms with Gasteiger partial charge >= 0.3 is 6.18 Å². The smallest absolute Gasteiger partial charge is 0.416 e. The molecule has 0 fully saturated rings. The molecule has 0 aliphatic carbocycles. The summed E-state index contributed by atoms with van der Waals surface area (Å²) >= 11 is 0. The summed E-state index contributed by atoms with van der Waals surface area (Å²) < 4.78 is 50.0. The van der Waals surface area contributed by atoms with Gasteiger partial charge in [0.15, 0.2) is 17.5 Å². The van der Waals surface area contributed by atoms with E-state index < -0.39 is 11.7 Å². The highest BCUT2D eigenvalue weighted by atomic mass is 19.4. The van der Waals surface area contributed by atoms with E-state index in [2.05, 4.69) is 28.8 Å². The minimum atomic E-state index is -4.48. The Kier molecular flexibility index (Phi) is 7.20. The van der Waals surface area contributed by atoms with Crippen LogP contribution in [0.4, 0.5) is 13.2 Å². The highest BCUT2D eigenvalue weighted by molar-refractivity contribution is 6.24. The van der Waals surface area contributed by atoms with E-state index in [9.17, 15) is 13.2 Å². The molecule has 0 aliphatic heterocycles. The molecule has 0 radical (unpaired) electrons. The van der Waals surface area contributed by atoms with Crippen molar-refractivity contribution in [3.05, 3.63) is 169 Å². The standard InChI is InChI=1S/C46H27F3N4O/c47-46(48,49)32-22-19-28(20-23-32)36-27-31(45-51-43(29-11-3-1-4-12-29)50-44(52-45)30-13-5-2-6-14-30)21-25-38(36)53-37-17-9-7-15-33(37)34-24-26-40-41(42(34)53)35-16-8-10-18-39(35)54-40/h1-27H. The summed E-state index contributed by atoms with van der Waals surface area (Å²) in [5.74, 6) is 1.46. The van der Waals surface area contributed by atoms with Crippen LogP contribution in [0.2, 0.25) is 0 Å². The number of halogens is 3. The summed E-state index contributed by atoms with van der Waals surface area (Å²) in [6, 6.07) is 50.9. The Labute approximate surface area is 306 Å². The van der Waals surface area contributed by atoms with Crippen LogP contribution in [-0.2, 0) is 6.18 Å². The Balaban J connectivity index is 1.27. The lowest BCUT2D eigenvalue weighted by atomic mass is 9.98. The van der Waals surface area contributed by atoms with Gasteiger partial charge in [-0.2, -0.15) is 13.2 Å². The second-order valence-electron chi connectivity index (χ2n) is 13.1. The third kappa shape index (κ3) is 5.22. The van der Waals surface area contributed by atoms with Crippen LogP contribution in [0, 0.1) is 0 Å². The third-order valence-corrected chi connectivity index (χ3v) is 9.89. The van der Waals surface area contributed by atoms with Gasteiger partial charge in [-0.25, -0.2) is 15.0 Å². The second-order valence-corrected chi connectivity index (χ2v) is 13.1. The van der Waals surface area contributed by atoms with Crippen LogP contribution < -0.4 is 0 Å². The van der Waals surface area contributed by atoms with E-state index in [1.807, 2.05) is 115 Å². The number of hydrogen-bond acceptors (Lipinski definition) is 4. The Hall–Kier alpha value is -7.06. The van der Waals surface area contributed by atoms with Crippen molar-refractivity contribution in [1.82, 2.24) is 19.5 Å². The van der Waals surface area contributed by atoms with E-state index in [4.69, 9.17) is 19.4 Å². The summed E-state index contributed by atoms with van der Waals surface area (Å²) in [4.78, 5) is 14.7. The zero-order valence-corrected chi connectivity index (χ0v) is 28.4. The van der Waals surface area contributed by atoms with Crippen molar-refractivity contribution in [2.75, 3.05) is 0 Å². The number of para-hydroxylation sites is 2. The number of furan rings is 1. The molecule has 0 spiro atoms. The van der Waals surface area contributed by atoms with Crippen LogP contribution in [0.15, 0.2) is 168 Å². The van der Waals surface area contributed by atoms with Crippen LogP contribution in [0.25, 0.3) is 94.7 Å². The molecule has 0 saturated heterocycles. The predicted octanol–water partition coefficient (Wildman–Crippen LogP) is 12.6. The lowest BCUT2D eigenvalue weighted by molar-refractivity contribution is -0.137. The fraction of sp³-hybridized carbons (Fsp3) is 0.0217. The van der Waals surface area contributed by atoms with Crippen LogP contribution in [-0.4, -0.2) is 19.5 Å². The van der Waals surface area contributed by atoms with Crippen molar-refractivity contribution in [2.24, 2.45) is 0 Å². The van der Waals surface area contributed by atoms with Crippen LogP contribution in [0.3, 0.4) is 0 Å². The lowest BCUT2D eigenvalue weighted by Crippen LogP contribution is -2.04. The van der Waals surface area contributed by atoms with E-state index >= 15 is 0 Å². The fourth-order valence-corrected chi connectivity index (χ4v) is 7.39. The highest BCUT2D eigenvalue weighted by Gasteiger charge is 2.30. The first-order chi connectivity index (χ1) is 26.4. The average molecular weight is 709 g/mol. The lowest BCUT2D eigenvalue weighted by Gasteiger charge is -2.17. The third-order valence-electron chi connectivity index (χ3n) is 9.89. The van der Waals surface area contributed by atoms with Crippen LogP contribution in [0.1, 0.15) is 5.56 Å². The molecule has 0 unspecified atom stereocenters. The number of hydrogen-bond donors (Lipinski definition) is 0. The molecule has 0 aliphatic rings. The maximum atomic E-state index is 13.8. The summed E-state index contributed by atoms with van der Waals surface area (Å²) in [5, 5.41) is 4.00. The molecule has 7 aromatic carbocycles. The normalized spacial score (nSPS) is 12.0. The first-order valence-electron chi connectivity index (χ1n) is 17.4. The SMILES string of the molecule is FC(F)(F)c1ccc(-c2cc(-c3nc(-c4ccccc4)nc(-c4ccccc4)n3)ccc2-n2c3ccccc3c3ccc4oc5ccccc5c4c32)cc1. The second kappa shape index (κ2) is 12.3. The van der Waals surface area contributed by atoms with Gasteiger partial charge in [-0.3, -0.25) is 0 Å². The largest absolute Gasteiger partial charge is 0.456 e. The molecule has 10 aromatic rings. The predicted molar refractivity (Wildman–Crippen MR) is 208 cm³/mol. The average Bonchev–Trinajstić information content (AvgIpc) is 3.77. The number of nitrogens with zero attached hydrogens (tertiary/aromatic N) is 4. The Morgan fingerprint density at radius 2 is 1.04 bits per heavy atom. The minimum absolute atomic E-state index is 0.438. The Morgan fingerprint density at radius 3 is 1.70 bits per heavy atom. The van der Waals surface area contributed by atoms with Gasteiger partial charge in [0.25, 0.3) is 0 Å². The molecule has 10 rings (SSSR count). The quantitative estimate of drug-likeness (QED) is 0.179. The molecule has 8 heteroatoms. The van der Waals surface area contributed by atoms with Crippen molar-refractivity contribution in [2.45, 2.75) is 6.18 Å². The van der Waals surface area contributed by atoms with E-state index in [1.54, 1.807) is 0 Å². The molecule has 3 heterocycles. The Bertz CT molecular complexity index is 2970. The fourth-order valence-electron chi connectivity index (χ4n) is 7.39. The zero-order chi connectivity index (χ0) is 36.4. The first kappa shape index (κ1) is 31.7. The van der Waals surface area contributed by atoms with Gasteiger partial charge in [-0.05, 0) is 60.2 Å². The van der Waals surface area contributed by atoms with E-state index in [0.29, 0.717) is 34.2 Å². The number of fused-ring (bicyclic) bond motifs is 7. The van der Waals surface area contributed by atoms with Crippen LogP contribution in [0.5, 0.6) is 0 Å². The molecule has 0 N–H and O–H groups in total. The van der Waals surface area contributed by atoms with E-state index in [0.717, 1.165) is 72.7 Å². The number of aromatic nitrogens is 4. The van der Waals surface area contributed by atoms with Crippen molar-refractivity contribution in [3.63, 3.8) is 0 Å². The van der Waals surface area contributed by atoms with Crippen molar-refractivity contribution < 1.29 is 17.6 Å². The van der Waals surface area contributed by atoms with Crippen molar-refractivity contribution >= 4 is 43.7 Å². The topological polar surface area (TPSA) is 56.7 Å². The number of alkyl halides is 3. The van der Waals surface area contributed by atoms with Gasteiger partial charge in [0.05, 0.1) is 27.7 Å². The van der Waals surface area contributed by atoms with Crippen molar-refractivity contribution in [1.29, 1.82) is 0 Å². The molecule has 0 saturated carbocycles. The van der Waals surface area contributed by atoms with Crippen LogP contribution >= 0.6 is 0 Å². The molecule has 3 aromatic heterocycles. The van der Waals surface area contributed by atoms with Gasteiger partial charge in [-0.1, -0.05) is 109 Å². The van der Waals surface area contributed by atoms with Crippen molar-refractivity contribution in [3.8, 4) is 51.0 Å². The van der Waals surface area contributed by atoms with E-state index in [-0.39, 0.29) is 0 Å². The van der Waals surface area contributed by atoms with Gasteiger partial charge in [0, 0.05) is 38.4 Å².